The first kappa shape index (κ1) is 22.1. The number of benzene rings is 1. The fraction of sp³-hybridized carbons (Fsp3) is 0.391. The van der Waals surface area contributed by atoms with Gasteiger partial charge in [0.25, 0.3) is 11.7 Å². The van der Waals surface area contributed by atoms with Gasteiger partial charge in [0.05, 0.1) is 30.9 Å². The molecule has 1 amide bonds. The molecule has 160 valence electrons. The number of thiophene rings is 1. The lowest BCUT2D eigenvalue weighted by Crippen LogP contribution is -2.33. The summed E-state index contributed by atoms with van der Waals surface area (Å²) in [5.74, 6) is -0.802. The zero-order valence-electron chi connectivity index (χ0n) is 17.7. The molecule has 0 spiro atoms. The van der Waals surface area contributed by atoms with Crippen molar-refractivity contribution in [2.75, 3.05) is 19.8 Å². The third-order valence-corrected chi connectivity index (χ3v) is 5.98. The molecule has 1 atom stereocenters. The summed E-state index contributed by atoms with van der Waals surface area (Å²) in [5, 5.41) is 13.0. The highest BCUT2D eigenvalue weighted by atomic mass is 32.1. The van der Waals surface area contributed by atoms with Crippen molar-refractivity contribution in [2.24, 2.45) is 0 Å². The van der Waals surface area contributed by atoms with Crippen LogP contribution in [0.2, 0.25) is 0 Å². The molecule has 1 aromatic heterocycles. The lowest BCUT2D eigenvalue weighted by atomic mass is 9.98. The number of rotatable bonds is 8. The molecule has 1 aliphatic rings. The van der Waals surface area contributed by atoms with Crippen LogP contribution in [0.15, 0.2) is 41.3 Å². The smallest absolute Gasteiger partial charge is 0.295 e. The number of carbonyl (C=O) groups is 2. The van der Waals surface area contributed by atoms with E-state index < -0.39 is 17.7 Å². The zero-order valence-corrected chi connectivity index (χ0v) is 18.5. The van der Waals surface area contributed by atoms with Crippen molar-refractivity contribution in [1.82, 2.24) is 4.90 Å². The summed E-state index contributed by atoms with van der Waals surface area (Å²) in [5.41, 5.74) is 1.55. The largest absolute Gasteiger partial charge is 0.507 e. The van der Waals surface area contributed by atoms with E-state index >= 15 is 0 Å². The summed E-state index contributed by atoms with van der Waals surface area (Å²) in [4.78, 5) is 28.2. The first-order chi connectivity index (χ1) is 14.3. The number of nitrogens with zero attached hydrogens (tertiary/aromatic N) is 1. The molecule has 6 nitrogen and oxygen atoms in total. The predicted molar refractivity (Wildman–Crippen MR) is 117 cm³/mol. The number of ether oxygens (including phenoxy) is 2. The Morgan fingerprint density at radius 1 is 1.20 bits per heavy atom. The van der Waals surface area contributed by atoms with Gasteiger partial charge in [-0.25, -0.2) is 0 Å². The lowest BCUT2D eigenvalue weighted by Gasteiger charge is -2.25. The minimum atomic E-state index is -0.677. The summed E-state index contributed by atoms with van der Waals surface area (Å²) >= 11 is 1.47. The number of amides is 1. The number of likely N-dealkylation sites (tertiary alicyclic amines) is 1. The molecule has 0 saturated carbocycles. The lowest BCUT2D eigenvalue weighted by molar-refractivity contribution is -0.140. The van der Waals surface area contributed by atoms with Crippen LogP contribution in [-0.2, 0) is 14.3 Å². The molecule has 7 heteroatoms. The van der Waals surface area contributed by atoms with E-state index in [0.29, 0.717) is 24.5 Å². The quantitative estimate of drug-likeness (QED) is 0.385. The van der Waals surface area contributed by atoms with Crippen LogP contribution < -0.4 is 4.74 Å². The maximum absolute atomic E-state index is 12.9. The minimum Gasteiger partial charge on any atom is -0.507 e. The topological polar surface area (TPSA) is 76.1 Å². The summed E-state index contributed by atoms with van der Waals surface area (Å²) in [6.07, 6.45) is 0.0209. The van der Waals surface area contributed by atoms with Crippen molar-refractivity contribution in [2.45, 2.75) is 39.8 Å². The van der Waals surface area contributed by atoms with E-state index in [1.165, 1.54) is 16.2 Å². The van der Waals surface area contributed by atoms with Crippen LogP contribution in [-0.4, -0.2) is 47.6 Å². The second kappa shape index (κ2) is 9.45. The van der Waals surface area contributed by atoms with Gasteiger partial charge in [-0.1, -0.05) is 0 Å². The maximum Gasteiger partial charge on any atom is 0.295 e. The second-order valence-corrected chi connectivity index (χ2v) is 8.28. The van der Waals surface area contributed by atoms with Crippen molar-refractivity contribution in [1.29, 1.82) is 0 Å². The van der Waals surface area contributed by atoms with Crippen molar-refractivity contribution in [3.05, 3.63) is 57.3 Å². The molecular weight excluding hydrogens is 402 g/mol. The van der Waals surface area contributed by atoms with Crippen molar-refractivity contribution >= 4 is 28.8 Å². The van der Waals surface area contributed by atoms with Crippen molar-refractivity contribution in [3.8, 4) is 5.75 Å². The Hall–Kier alpha value is -2.64. The second-order valence-electron chi connectivity index (χ2n) is 7.34. The average molecular weight is 430 g/mol. The summed E-state index contributed by atoms with van der Waals surface area (Å²) in [6, 6.07) is 8.16. The van der Waals surface area contributed by atoms with Gasteiger partial charge in [-0.2, -0.15) is 0 Å². The predicted octanol–water partition coefficient (Wildman–Crippen LogP) is 4.30. The van der Waals surface area contributed by atoms with Crippen LogP contribution in [0.4, 0.5) is 0 Å². The fourth-order valence-electron chi connectivity index (χ4n) is 3.47. The molecule has 1 N–H and O–H groups in total. The number of hydrogen-bond acceptors (Lipinski definition) is 6. The van der Waals surface area contributed by atoms with E-state index in [-0.39, 0.29) is 24.0 Å². The van der Waals surface area contributed by atoms with Gasteiger partial charge in [0.15, 0.2) is 0 Å². The summed E-state index contributed by atoms with van der Waals surface area (Å²) in [6.45, 7) is 8.78. The Labute approximate surface area is 180 Å². The van der Waals surface area contributed by atoms with Crippen LogP contribution in [0.3, 0.4) is 0 Å². The summed E-state index contributed by atoms with van der Waals surface area (Å²) in [7, 11) is 0. The van der Waals surface area contributed by atoms with Gasteiger partial charge in [0.2, 0.25) is 0 Å². The highest BCUT2D eigenvalue weighted by Gasteiger charge is 2.46. The third kappa shape index (κ3) is 4.42. The maximum atomic E-state index is 12.9. The average Bonchev–Trinajstić information content (AvgIpc) is 3.24. The van der Waals surface area contributed by atoms with Crippen LogP contribution >= 0.6 is 11.3 Å². The Morgan fingerprint density at radius 2 is 1.90 bits per heavy atom. The Kier molecular flexibility index (Phi) is 6.95. The molecule has 1 saturated heterocycles. The van der Waals surface area contributed by atoms with Crippen LogP contribution in [0, 0.1) is 6.92 Å². The molecule has 2 aromatic rings. The van der Waals surface area contributed by atoms with E-state index in [1.54, 1.807) is 24.3 Å². The number of ketones is 1. The van der Waals surface area contributed by atoms with Crippen LogP contribution in [0.25, 0.3) is 5.76 Å². The van der Waals surface area contributed by atoms with E-state index in [9.17, 15) is 14.7 Å². The van der Waals surface area contributed by atoms with Crippen molar-refractivity contribution < 1.29 is 24.2 Å². The molecule has 0 radical (unpaired) electrons. The number of aryl methyl sites for hydroxylation is 1. The normalized spacial score (nSPS) is 18.4. The van der Waals surface area contributed by atoms with E-state index in [4.69, 9.17) is 9.47 Å². The number of hydrogen-bond donors (Lipinski definition) is 1. The highest BCUT2D eigenvalue weighted by molar-refractivity contribution is 7.10. The molecule has 0 aliphatic carbocycles. The van der Waals surface area contributed by atoms with Gasteiger partial charge < -0.3 is 19.5 Å². The van der Waals surface area contributed by atoms with Crippen LogP contribution in [0.5, 0.6) is 5.75 Å². The van der Waals surface area contributed by atoms with E-state index in [2.05, 4.69) is 0 Å². The van der Waals surface area contributed by atoms with Gasteiger partial charge in [0.1, 0.15) is 11.5 Å². The molecule has 0 bridgehead atoms. The van der Waals surface area contributed by atoms with Gasteiger partial charge in [-0.3, -0.25) is 9.59 Å². The first-order valence-electron chi connectivity index (χ1n) is 10.0. The monoisotopic (exact) mass is 429 g/mol. The first-order valence-corrected chi connectivity index (χ1v) is 10.9. The van der Waals surface area contributed by atoms with Crippen molar-refractivity contribution in [3.63, 3.8) is 0 Å². The Balaban J connectivity index is 2.03. The number of aliphatic hydroxyl groups excluding tert-OH is 1. The van der Waals surface area contributed by atoms with Crippen LogP contribution in [0.1, 0.15) is 42.8 Å². The minimum absolute atomic E-state index is 0.0209. The van der Waals surface area contributed by atoms with Gasteiger partial charge in [-0.15, -0.1) is 11.3 Å². The van der Waals surface area contributed by atoms with Gasteiger partial charge in [0, 0.05) is 17.0 Å². The number of carbonyl (C=O) groups excluding carboxylic acids is 2. The molecule has 1 unspecified atom stereocenters. The summed E-state index contributed by atoms with van der Waals surface area (Å²) < 4.78 is 11.0. The van der Waals surface area contributed by atoms with E-state index in [1.807, 2.05) is 39.1 Å². The zero-order chi connectivity index (χ0) is 21.8. The third-order valence-electron chi connectivity index (χ3n) is 4.91. The SMILES string of the molecule is CCOc1ccc(/C(O)=C2/C(=O)C(=O)N(CCOC(C)C)C2c2sccc2C)cc1. The Morgan fingerprint density at radius 3 is 2.47 bits per heavy atom. The molecule has 1 fully saturated rings. The Bertz CT molecular complexity index is 945. The number of Topliss-reactive ketones (excluding diaryl/α,β-unsaturated/α-hetero) is 1. The molecule has 3 rings (SSSR count). The molecule has 1 aromatic carbocycles. The molecular formula is C23H27NO5S. The molecule has 1 aliphatic heterocycles. The standard InChI is InChI=1S/C23H27NO5S/c1-5-28-17-8-6-16(7-9-17)20(25)18-19(22-15(4)10-13-30-22)24(23(27)21(18)26)11-12-29-14(2)3/h6-10,13-14,19,25H,5,11-12H2,1-4H3/b20-18-. The number of aliphatic hydroxyl groups is 1. The van der Waals surface area contributed by atoms with Gasteiger partial charge >= 0.3 is 0 Å². The highest BCUT2D eigenvalue weighted by Crippen LogP contribution is 2.42. The fourth-order valence-corrected chi connectivity index (χ4v) is 4.51. The van der Waals surface area contributed by atoms with Gasteiger partial charge in [-0.05, 0) is 69.0 Å². The molecule has 30 heavy (non-hydrogen) atoms. The van der Waals surface area contributed by atoms with E-state index in [0.717, 1.165) is 10.4 Å². The molecule has 2 heterocycles.